The maximum absolute atomic E-state index is 12.4. The number of rotatable bonds is 6. The smallest absolute Gasteiger partial charge is 0.243 e. The molecule has 6 heteroatoms. The Kier molecular flexibility index (Phi) is 5.70. The minimum atomic E-state index is -3.42. The zero-order valence-corrected chi connectivity index (χ0v) is 17.0. The summed E-state index contributed by atoms with van der Waals surface area (Å²) in [6.07, 6.45) is 1.17. The minimum Gasteiger partial charge on any atom is -0.375 e. The molecule has 0 heterocycles. The summed E-state index contributed by atoms with van der Waals surface area (Å²) in [4.78, 5) is 12.6. The lowest BCUT2D eigenvalue weighted by Gasteiger charge is -2.14. The minimum absolute atomic E-state index is 0.0350. The summed E-state index contributed by atoms with van der Waals surface area (Å²) in [6.45, 7) is 3.98. The first-order valence-corrected chi connectivity index (χ1v) is 11.0. The highest BCUT2D eigenvalue weighted by atomic mass is 32.2. The SMILES string of the molecule is CC(C)c1ccc(NCC(=O)Nc2cccc3ccccc23)c(S(C)(=O)=O)c1. The van der Waals surface area contributed by atoms with Gasteiger partial charge in [0.25, 0.3) is 0 Å². The maximum atomic E-state index is 12.4. The van der Waals surface area contributed by atoms with Crippen LogP contribution >= 0.6 is 0 Å². The van der Waals surface area contributed by atoms with Crippen LogP contribution in [-0.2, 0) is 14.6 Å². The summed E-state index contributed by atoms with van der Waals surface area (Å²) >= 11 is 0. The van der Waals surface area contributed by atoms with Gasteiger partial charge < -0.3 is 10.6 Å². The van der Waals surface area contributed by atoms with E-state index in [1.54, 1.807) is 12.1 Å². The van der Waals surface area contributed by atoms with Crippen molar-refractivity contribution in [1.82, 2.24) is 0 Å². The lowest BCUT2D eigenvalue weighted by molar-refractivity contribution is -0.114. The third-order valence-electron chi connectivity index (χ3n) is 4.57. The number of anilines is 2. The van der Waals surface area contributed by atoms with Crippen LogP contribution in [0.4, 0.5) is 11.4 Å². The zero-order chi connectivity index (χ0) is 20.3. The molecule has 0 atom stereocenters. The molecule has 0 aliphatic rings. The fourth-order valence-corrected chi connectivity index (χ4v) is 3.95. The monoisotopic (exact) mass is 396 g/mol. The molecule has 0 aromatic heterocycles. The number of sulfone groups is 1. The van der Waals surface area contributed by atoms with Crippen LogP contribution in [-0.4, -0.2) is 27.1 Å². The van der Waals surface area contributed by atoms with Gasteiger partial charge in [0, 0.05) is 17.3 Å². The van der Waals surface area contributed by atoms with Gasteiger partial charge in [0.1, 0.15) is 0 Å². The van der Waals surface area contributed by atoms with Crippen LogP contribution in [0.1, 0.15) is 25.3 Å². The molecule has 3 aromatic carbocycles. The van der Waals surface area contributed by atoms with Crippen molar-refractivity contribution in [2.24, 2.45) is 0 Å². The molecule has 3 aromatic rings. The number of hydrogen-bond donors (Lipinski definition) is 2. The Hall–Kier alpha value is -2.86. The van der Waals surface area contributed by atoms with E-state index in [2.05, 4.69) is 10.6 Å². The summed E-state index contributed by atoms with van der Waals surface area (Å²) < 4.78 is 24.3. The Morgan fingerprint density at radius 1 is 0.964 bits per heavy atom. The molecule has 28 heavy (non-hydrogen) atoms. The third-order valence-corrected chi connectivity index (χ3v) is 5.71. The number of carbonyl (C=O) groups excluding carboxylic acids is 1. The Bertz CT molecular complexity index is 1120. The van der Waals surface area contributed by atoms with Crippen LogP contribution in [0.5, 0.6) is 0 Å². The summed E-state index contributed by atoms with van der Waals surface area (Å²) in [7, 11) is -3.42. The highest BCUT2D eigenvalue weighted by molar-refractivity contribution is 7.90. The highest BCUT2D eigenvalue weighted by Crippen LogP contribution is 2.27. The summed E-state index contributed by atoms with van der Waals surface area (Å²) in [5.74, 6) is -0.0343. The van der Waals surface area contributed by atoms with Crippen molar-refractivity contribution < 1.29 is 13.2 Å². The Balaban J connectivity index is 1.77. The molecule has 0 saturated carbocycles. The van der Waals surface area contributed by atoms with Crippen LogP contribution in [0.25, 0.3) is 10.8 Å². The van der Waals surface area contributed by atoms with E-state index in [0.717, 1.165) is 22.0 Å². The van der Waals surface area contributed by atoms with E-state index >= 15 is 0 Å². The molecule has 1 amide bonds. The first-order valence-electron chi connectivity index (χ1n) is 9.11. The fourth-order valence-electron chi connectivity index (χ4n) is 3.06. The molecule has 146 valence electrons. The van der Waals surface area contributed by atoms with E-state index in [0.29, 0.717) is 5.69 Å². The van der Waals surface area contributed by atoms with Gasteiger partial charge in [-0.2, -0.15) is 0 Å². The zero-order valence-electron chi connectivity index (χ0n) is 16.2. The number of fused-ring (bicyclic) bond motifs is 1. The second-order valence-corrected chi connectivity index (χ2v) is 9.10. The van der Waals surface area contributed by atoms with Crippen molar-refractivity contribution in [2.45, 2.75) is 24.7 Å². The lowest BCUT2D eigenvalue weighted by Crippen LogP contribution is -2.22. The molecular formula is C22H24N2O3S. The molecule has 0 unspecified atom stereocenters. The van der Waals surface area contributed by atoms with E-state index in [-0.39, 0.29) is 23.3 Å². The summed E-state index contributed by atoms with van der Waals surface area (Å²) in [5, 5.41) is 7.85. The van der Waals surface area contributed by atoms with Gasteiger partial charge in [-0.05, 0) is 35.1 Å². The van der Waals surface area contributed by atoms with Crippen LogP contribution in [0.3, 0.4) is 0 Å². The van der Waals surface area contributed by atoms with E-state index in [4.69, 9.17) is 0 Å². The molecule has 0 bridgehead atoms. The number of hydrogen-bond acceptors (Lipinski definition) is 4. The molecule has 0 aliphatic carbocycles. The molecule has 0 saturated heterocycles. The number of benzene rings is 3. The van der Waals surface area contributed by atoms with Crippen LogP contribution in [0.15, 0.2) is 65.6 Å². The molecule has 0 radical (unpaired) electrons. The van der Waals surface area contributed by atoms with Gasteiger partial charge in [0.2, 0.25) is 5.91 Å². The van der Waals surface area contributed by atoms with Crippen molar-refractivity contribution in [2.75, 3.05) is 23.4 Å². The molecule has 0 spiro atoms. The van der Waals surface area contributed by atoms with Gasteiger partial charge in [-0.15, -0.1) is 0 Å². The Morgan fingerprint density at radius 2 is 1.68 bits per heavy atom. The fraction of sp³-hybridized carbons (Fsp3) is 0.227. The van der Waals surface area contributed by atoms with E-state index < -0.39 is 9.84 Å². The van der Waals surface area contributed by atoms with Gasteiger partial charge in [0.15, 0.2) is 9.84 Å². The summed E-state index contributed by atoms with van der Waals surface area (Å²) in [6, 6.07) is 18.8. The van der Waals surface area contributed by atoms with Crippen molar-refractivity contribution in [1.29, 1.82) is 0 Å². The lowest BCUT2D eigenvalue weighted by atomic mass is 10.0. The number of nitrogens with one attached hydrogen (secondary N) is 2. The average Bonchev–Trinajstić information content (AvgIpc) is 2.65. The van der Waals surface area contributed by atoms with Crippen molar-refractivity contribution in [3.8, 4) is 0 Å². The van der Waals surface area contributed by atoms with Crippen LogP contribution in [0.2, 0.25) is 0 Å². The topological polar surface area (TPSA) is 75.3 Å². The van der Waals surface area contributed by atoms with E-state index in [1.165, 1.54) is 6.26 Å². The third kappa shape index (κ3) is 4.51. The largest absolute Gasteiger partial charge is 0.375 e. The molecule has 3 rings (SSSR count). The normalized spacial score (nSPS) is 11.6. The van der Waals surface area contributed by atoms with E-state index in [9.17, 15) is 13.2 Å². The molecule has 0 aliphatic heterocycles. The average molecular weight is 397 g/mol. The Labute approximate surface area is 165 Å². The highest BCUT2D eigenvalue weighted by Gasteiger charge is 2.16. The van der Waals surface area contributed by atoms with Crippen molar-refractivity contribution in [3.63, 3.8) is 0 Å². The molecule has 0 fully saturated rings. The second kappa shape index (κ2) is 8.02. The predicted molar refractivity (Wildman–Crippen MR) is 115 cm³/mol. The Morgan fingerprint density at radius 3 is 2.39 bits per heavy atom. The van der Waals surface area contributed by atoms with Crippen molar-refractivity contribution >= 4 is 37.9 Å². The van der Waals surface area contributed by atoms with E-state index in [1.807, 2.05) is 62.4 Å². The standard InChI is InChI=1S/C22H24N2O3S/c1-15(2)17-11-12-20(21(13-17)28(3,26)27)23-14-22(25)24-19-10-6-8-16-7-4-5-9-18(16)19/h4-13,15,23H,14H2,1-3H3,(H,24,25). The first-order chi connectivity index (χ1) is 13.3. The molecular weight excluding hydrogens is 372 g/mol. The number of amides is 1. The van der Waals surface area contributed by atoms with Crippen LogP contribution in [0, 0.1) is 0 Å². The molecule has 2 N–H and O–H groups in total. The first kappa shape index (κ1) is 19.9. The predicted octanol–water partition coefficient (Wildman–Crippen LogP) is 4.42. The maximum Gasteiger partial charge on any atom is 0.243 e. The van der Waals surface area contributed by atoms with Gasteiger partial charge in [-0.3, -0.25) is 4.79 Å². The number of carbonyl (C=O) groups is 1. The van der Waals surface area contributed by atoms with Gasteiger partial charge in [-0.25, -0.2) is 8.42 Å². The molecule has 5 nitrogen and oxygen atoms in total. The van der Waals surface area contributed by atoms with Crippen molar-refractivity contribution in [3.05, 3.63) is 66.2 Å². The van der Waals surface area contributed by atoms with Gasteiger partial charge in [0.05, 0.1) is 17.1 Å². The van der Waals surface area contributed by atoms with Crippen LogP contribution < -0.4 is 10.6 Å². The quantitative estimate of drug-likeness (QED) is 0.647. The summed E-state index contributed by atoms with van der Waals surface area (Å²) in [5.41, 5.74) is 2.09. The van der Waals surface area contributed by atoms with Gasteiger partial charge >= 0.3 is 0 Å². The van der Waals surface area contributed by atoms with Gasteiger partial charge in [-0.1, -0.05) is 56.3 Å². The second-order valence-electron chi connectivity index (χ2n) is 7.11.